The molecule has 0 spiro atoms. The lowest BCUT2D eigenvalue weighted by Gasteiger charge is -2.45. The Morgan fingerprint density at radius 2 is 1.67 bits per heavy atom. The van der Waals surface area contributed by atoms with Crippen molar-refractivity contribution in [1.29, 1.82) is 0 Å². The van der Waals surface area contributed by atoms with Gasteiger partial charge in [0, 0.05) is 5.69 Å². The first kappa shape index (κ1) is 13.6. The molecule has 1 fully saturated rings. The number of aryl methyl sites for hydroxylation is 1. The minimum Gasteiger partial charge on any atom is -0.497 e. The molecule has 1 aliphatic heterocycles. The van der Waals surface area contributed by atoms with E-state index < -0.39 is 6.04 Å². The Bertz CT molecular complexity index is 649. The van der Waals surface area contributed by atoms with Crippen LogP contribution in [0.5, 0.6) is 5.75 Å². The highest BCUT2D eigenvalue weighted by atomic mass is 16.5. The van der Waals surface area contributed by atoms with Gasteiger partial charge in [-0.25, -0.2) is 0 Å². The summed E-state index contributed by atoms with van der Waals surface area (Å²) in [6.45, 7) is 2.04. The van der Waals surface area contributed by atoms with E-state index in [0.29, 0.717) is 0 Å². The Morgan fingerprint density at radius 1 is 1.05 bits per heavy atom. The van der Waals surface area contributed by atoms with Crippen molar-refractivity contribution in [3.63, 3.8) is 0 Å². The van der Waals surface area contributed by atoms with Gasteiger partial charge in [0.2, 0.25) is 5.91 Å². The smallest absolute Gasteiger partial charge is 0.247 e. The van der Waals surface area contributed by atoms with Crippen molar-refractivity contribution >= 4 is 11.6 Å². The lowest BCUT2D eigenvalue weighted by molar-refractivity contribution is -0.126. The van der Waals surface area contributed by atoms with E-state index in [1.807, 2.05) is 55.5 Å². The van der Waals surface area contributed by atoms with Gasteiger partial charge in [-0.3, -0.25) is 4.79 Å². The van der Waals surface area contributed by atoms with E-state index in [2.05, 4.69) is 0 Å². The standard InChI is InChI=1S/C17H18N2O2/c1-11-3-5-12(6-4-11)16-15(18)17(20)19(16)13-7-9-14(21-2)10-8-13/h3-10,15-16H,18H2,1-2H3. The molecular weight excluding hydrogens is 264 g/mol. The SMILES string of the molecule is COc1ccc(N2C(=O)C(N)C2c2ccc(C)cc2)cc1. The highest BCUT2D eigenvalue weighted by Gasteiger charge is 2.46. The molecule has 0 saturated carbocycles. The van der Waals surface area contributed by atoms with Crippen molar-refractivity contribution < 1.29 is 9.53 Å². The summed E-state index contributed by atoms with van der Waals surface area (Å²) in [4.78, 5) is 13.9. The third-order valence-corrected chi connectivity index (χ3v) is 3.91. The number of rotatable bonds is 3. The van der Waals surface area contributed by atoms with Gasteiger partial charge < -0.3 is 15.4 Å². The molecular formula is C17H18N2O2. The van der Waals surface area contributed by atoms with Gasteiger partial charge in [0.15, 0.2) is 0 Å². The van der Waals surface area contributed by atoms with E-state index >= 15 is 0 Å². The Kier molecular flexibility index (Phi) is 3.39. The van der Waals surface area contributed by atoms with Crippen LogP contribution < -0.4 is 15.4 Å². The van der Waals surface area contributed by atoms with Gasteiger partial charge in [-0.2, -0.15) is 0 Å². The molecule has 0 radical (unpaired) electrons. The first-order chi connectivity index (χ1) is 10.1. The summed E-state index contributed by atoms with van der Waals surface area (Å²) in [7, 11) is 1.62. The number of carbonyl (C=O) groups is 1. The third-order valence-electron chi connectivity index (χ3n) is 3.91. The van der Waals surface area contributed by atoms with Crippen LogP contribution in [0.2, 0.25) is 0 Å². The average molecular weight is 282 g/mol. The maximum atomic E-state index is 12.1. The molecule has 21 heavy (non-hydrogen) atoms. The molecule has 4 heteroatoms. The van der Waals surface area contributed by atoms with Crippen LogP contribution in [0, 0.1) is 6.92 Å². The minimum absolute atomic E-state index is 0.0502. The Hall–Kier alpha value is -2.33. The van der Waals surface area contributed by atoms with Crippen LogP contribution >= 0.6 is 0 Å². The molecule has 2 aromatic carbocycles. The van der Waals surface area contributed by atoms with Crippen molar-refractivity contribution in [2.75, 3.05) is 12.0 Å². The number of benzene rings is 2. The Morgan fingerprint density at radius 3 is 2.24 bits per heavy atom. The average Bonchev–Trinajstić information content (AvgIpc) is 2.53. The number of nitrogens with two attached hydrogens (primary N) is 1. The number of carbonyl (C=O) groups excluding carboxylic acids is 1. The quantitative estimate of drug-likeness (QED) is 0.880. The molecule has 0 aliphatic carbocycles. The Balaban J connectivity index is 1.92. The summed E-state index contributed by atoms with van der Waals surface area (Å²) in [6.07, 6.45) is 0. The molecule has 0 aromatic heterocycles. The predicted molar refractivity (Wildman–Crippen MR) is 82.4 cm³/mol. The van der Waals surface area contributed by atoms with E-state index in [1.165, 1.54) is 5.56 Å². The van der Waals surface area contributed by atoms with E-state index in [9.17, 15) is 4.79 Å². The summed E-state index contributed by atoms with van der Waals surface area (Å²) in [6, 6.07) is 15.0. The molecule has 4 nitrogen and oxygen atoms in total. The minimum atomic E-state index is -0.477. The van der Waals surface area contributed by atoms with Gasteiger partial charge in [0.1, 0.15) is 11.8 Å². The molecule has 3 rings (SSSR count). The van der Waals surface area contributed by atoms with Gasteiger partial charge in [0.05, 0.1) is 13.2 Å². The van der Waals surface area contributed by atoms with Gasteiger partial charge in [-0.15, -0.1) is 0 Å². The number of anilines is 1. The fourth-order valence-electron chi connectivity index (χ4n) is 2.66. The molecule has 1 amide bonds. The molecule has 2 N–H and O–H groups in total. The topological polar surface area (TPSA) is 55.6 Å². The second-order valence-corrected chi connectivity index (χ2v) is 5.29. The summed E-state index contributed by atoms with van der Waals surface area (Å²) < 4.78 is 5.15. The van der Waals surface area contributed by atoms with Crippen molar-refractivity contribution in [3.05, 3.63) is 59.7 Å². The summed E-state index contributed by atoms with van der Waals surface area (Å²) in [5.41, 5.74) is 9.09. The molecule has 1 aliphatic rings. The molecule has 1 heterocycles. The fraction of sp³-hybridized carbons (Fsp3) is 0.235. The van der Waals surface area contributed by atoms with E-state index in [-0.39, 0.29) is 11.9 Å². The highest BCUT2D eigenvalue weighted by Crippen LogP contribution is 2.38. The van der Waals surface area contributed by atoms with Gasteiger partial charge in [-0.1, -0.05) is 29.8 Å². The monoisotopic (exact) mass is 282 g/mol. The number of β-lactam (4-membered cyclic amide) rings is 1. The van der Waals surface area contributed by atoms with Gasteiger partial charge >= 0.3 is 0 Å². The third kappa shape index (κ3) is 2.28. The Labute approximate surface area is 124 Å². The first-order valence-electron chi connectivity index (χ1n) is 6.91. The van der Waals surface area contributed by atoms with Crippen LogP contribution in [0.15, 0.2) is 48.5 Å². The van der Waals surface area contributed by atoms with E-state index in [0.717, 1.165) is 17.0 Å². The second-order valence-electron chi connectivity index (χ2n) is 5.29. The number of hydrogen-bond acceptors (Lipinski definition) is 3. The molecule has 2 atom stereocenters. The highest BCUT2D eigenvalue weighted by molar-refractivity contribution is 6.05. The number of hydrogen-bond donors (Lipinski definition) is 1. The maximum Gasteiger partial charge on any atom is 0.247 e. The maximum absolute atomic E-state index is 12.1. The molecule has 2 aromatic rings. The lowest BCUT2D eigenvalue weighted by Crippen LogP contribution is -2.63. The molecule has 108 valence electrons. The van der Waals surface area contributed by atoms with Crippen LogP contribution in [-0.4, -0.2) is 19.1 Å². The van der Waals surface area contributed by atoms with E-state index in [4.69, 9.17) is 10.5 Å². The zero-order valence-corrected chi connectivity index (χ0v) is 12.1. The number of amides is 1. The summed E-state index contributed by atoms with van der Waals surface area (Å²) in [5.74, 6) is 0.716. The van der Waals surface area contributed by atoms with Gasteiger partial charge in [0.25, 0.3) is 0 Å². The molecule has 2 unspecified atom stereocenters. The lowest BCUT2D eigenvalue weighted by atomic mass is 9.88. The number of nitrogens with zero attached hydrogens (tertiary/aromatic N) is 1. The van der Waals surface area contributed by atoms with Crippen molar-refractivity contribution in [3.8, 4) is 5.75 Å². The van der Waals surface area contributed by atoms with Crippen LogP contribution in [0.1, 0.15) is 17.2 Å². The van der Waals surface area contributed by atoms with Crippen LogP contribution in [0.3, 0.4) is 0 Å². The predicted octanol–water partition coefficient (Wildman–Crippen LogP) is 2.42. The van der Waals surface area contributed by atoms with Gasteiger partial charge in [-0.05, 0) is 36.8 Å². The number of ether oxygens (including phenoxy) is 1. The van der Waals surface area contributed by atoms with Crippen molar-refractivity contribution in [1.82, 2.24) is 0 Å². The normalized spacial score (nSPS) is 21.1. The second kappa shape index (κ2) is 5.22. The van der Waals surface area contributed by atoms with Crippen molar-refractivity contribution in [2.24, 2.45) is 5.73 Å². The van der Waals surface area contributed by atoms with Crippen molar-refractivity contribution in [2.45, 2.75) is 19.0 Å². The van der Waals surface area contributed by atoms with Crippen LogP contribution in [0.25, 0.3) is 0 Å². The largest absolute Gasteiger partial charge is 0.497 e. The van der Waals surface area contributed by atoms with E-state index in [1.54, 1.807) is 12.0 Å². The summed E-state index contributed by atoms with van der Waals surface area (Å²) in [5, 5.41) is 0. The molecule has 1 saturated heterocycles. The van der Waals surface area contributed by atoms with Crippen LogP contribution in [-0.2, 0) is 4.79 Å². The number of methoxy groups -OCH3 is 1. The molecule has 0 bridgehead atoms. The first-order valence-corrected chi connectivity index (χ1v) is 6.91. The van der Waals surface area contributed by atoms with Crippen LogP contribution in [0.4, 0.5) is 5.69 Å². The summed E-state index contributed by atoms with van der Waals surface area (Å²) >= 11 is 0. The zero-order chi connectivity index (χ0) is 15.0. The fourth-order valence-corrected chi connectivity index (χ4v) is 2.66. The zero-order valence-electron chi connectivity index (χ0n) is 12.1.